The highest BCUT2D eigenvalue weighted by Gasteiger charge is 2.36. The zero-order valence-corrected chi connectivity index (χ0v) is 29.2. The maximum Gasteiger partial charge on any atom is 0.271 e. The zero-order valence-electron chi connectivity index (χ0n) is 24.1. The van der Waals surface area contributed by atoms with Gasteiger partial charge in [0, 0.05) is 18.7 Å². The smallest absolute Gasteiger partial charge is 0.271 e. The number of likely N-dealkylation sites (N-methyl/N-ethyl adjacent to an activating group) is 1. The van der Waals surface area contributed by atoms with E-state index >= 15 is 0 Å². The summed E-state index contributed by atoms with van der Waals surface area (Å²) < 4.78 is 21.3. The van der Waals surface area contributed by atoms with E-state index in [1.165, 1.54) is 11.3 Å². The lowest BCUT2D eigenvalue weighted by Gasteiger charge is -2.30. The summed E-state index contributed by atoms with van der Waals surface area (Å²) in [5.74, 6) is 1.82. The van der Waals surface area contributed by atoms with Crippen molar-refractivity contribution in [2.24, 2.45) is 4.99 Å². The Hall–Kier alpha value is -2.39. The number of thiazole rings is 1. The molecule has 0 saturated carbocycles. The van der Waals surface area contributed by atoms with Crippen molar-refractivity contribution in [1.29, 1.82) is 0 Å². The largest absolute Gasteiger partial charge is 0.497 e. The first kappa shape index (κ1) is 31.5. The molecule has 1 aromatic heterocycles. The van der Waals surface area contributed by atoms with E-state index in [0.29, 0.717) is 50.8 Å². The van der Waals surface area contributed by atoms with Crippen LogP contribution in [0.2, 0.25) is 0 Å². The number of benzene rings is 2. The summed E-state index contributed by atoms with van der Waals surface area (Å²) in [7, 11) is 3.16. The van der Waals surface area contributed by atoms with E-state index in [2.05, 4.69) is 45.2 Å². The monoisotopic (exact) mass is 801 g/mol. The molecule has 2 aromatic carbocycles. The van der Waals surface area contributed by atoms with Gasteiger partial charge in [-0.25, -0.2) is 4.99 Å². The molecule has 0 unspecified atom stereocenters. The molecule has 1 amide bonds. The molecule has 0 saturated heterocycles. The number of amides is 1. The number of hydrogen-bond donors (Lipinski definition) is 0. The lowest BCUT2D eigenvalue weighted by Crippen LogP contribution is -2.43. The molecule has 3 aromatic rings. The summed E-state index contributed by atoms with van der Waals surface area (Å²) >= 11 is 5.83. The minimum atomic E-state index is -0.742. The van der Waals surface area contributed by atoms with Crippen LogP contribution in [0, 0.1) is 7.14 Å². The second kappa shape index (κ2) is 13.3. The maximum atomic E-state index is 14.2. The summed E-state index contributed by atoms with van der Waals surface area (Å²) in [4.78, 5) is 35.1. The SMILES string of the molecule is CCN(CC)C(=O)C1=C(C)N=c2s/c(=C/c3cc(I)c(OC(C)C)c(I)c3)c(=O)n2[C@H]1c1cc(OC)ccc1OC. The number of rotatable bonds is 9. The molecule has 0 N–H and O–H groups in total. The van der Waals surface area contributed by atoms with Gasteiger partial charge in [-0.1, -0.05) is 11.3 Å². The third-order valence-corrected chi connectivity index (χ3v) is 9.29. The summed E-state index contributed by atoms with van der Waals surface area (Å²) in [6.07, 6.45) is 1.93. The average molecular weight is 801 g/mol. The molecule has 8 nitrogen and oxygen atoms in total. The van der Waals surface area contributed by atoms with E-state index in [4.69, 9.17) is 19.2 Å². The highest BCUT2D eigenvalue weighted by molar-refractivity contribution is 14.1. The van der Waals surface area contributed by atoms with E-state index in [0.717, 1.165) is 18.5 Å². The van der Waals surface area contributed by atoms with Crippen LogP contribution >= 0.6 is 56.5 Å². The fourth-order valence-electron chi connectivity index (χ4n) is 4.79. The molecular weight excluding hydrogens is 768 g/mol. The Morgan fingerprint density at radius 1 is 1.12 bits per heavy atom. The molecule has 2 heterocycles. The number of fused-ring (bicyclic) bond motifs is 1. The van der Waals surface area contributed by atoms with Crippen molar-refractivity contribution < 1.29 is 19.0 Å². The van der Waals surface area contributed by atoms with Gasteiger partial charge in [0.2, 0.25) is 0 Å². The predicted molar refractivity (Wildman–Crippen MR) is 179 cm³/mol. The van der Waals surface area contributed by atoms with E-state index in [1.54, 1.807) is 35.8 Å². The molecule has 0 aliphatic carbocycles. The van der Waals surface area contributed by atoms with Crippen LogP contribution in [0.25, 0.3) is 6.08 Å². The number of allylic oxidation sites excluding steroid dienone is 1. The van der Waals surface area contributed by atoms with Crippen LogP contribution < -0.4 is 29.1 Å². The van der Waals surface area contributed by atoms with Gasteiger partial charge in [-0.15, -0.1) is 0 Å². The number of carbonyl (C=O) groups is 1. The Bertz CT molecular complexity index is 1670. The number of halogens is 2. The quantitative estimate of drug-likeness (QED) is 0.281. The summed E-state index contributed by atoms with van der Waals surface area (Å²) in [6.45, 7) is 10.8. The van der Waals surface area contributed by atoms with Gasteiger partial charge in [0.05, 0.1) is 43.3 Å². The second-order valence-corrected chi connectivity index (χ2v) is 13.0. The highest BCUT2D eigenvalue weighted by atomic mass is 127. The first-order valence-electron chi connectivity index (χ1n) is 13.2. The lowest BCUT2D eigenvalue weighted by atomic mass is 9.93. The predicted octanol–water partition coefficient (Wildman–Crippen LogP) is 5.12. The first-order valence-corrected chi connectivity index (χ1v) is 16.2. The molecule has 11 heteroatoms. The van der Waals surface area contributed by atoms with Gasteiger partial charge >= 0.3 is 0 Å². The van der Waals surface area contributed by atoms with Crippen molar-refractivity contribution in [3.8, 4) is 17.2 Å². The fraction of sp³-hybridized carbons (Fsp3) is 0.367. The third kappa shape index (κ3) is 6.36. The topological polar surface area (TPSA) is 82.4 Å². The molecule has 1 atom stereocenters. The summed E-state index contributed by atoms with van der Waals surface area (Å²) in [5.41, 5.74) is 2.32. The van der Waals surface area contributed by atoms with Crippen LogP contribution in [0.15, 0.2) is 51.4 Å². The normalized spacial score (nSPS) is 15.1. The number of nitrogens with zero attached hydrogens (tertiary/aromatic N) is 3. The average Bonchev–Trinajstić information content (AvgIpc) is 3.23. The number of aromatic nitrogens is 1. The van der Waals surface area contributed by atoms with Gasteiger partial charge < -0.3 is 19.1 Å². The van der Waals surface area contributed by atoms with Gasteiger partial charge in [0.1, 0.15) is 23.3 Å². The molecular formula is C30H33I2N3O5S. The first-order chi connectivity index (χ1) is 19.5. The minimum absolute atomic E-state index is 0.0525. The van der Waals surface area contributed by atoms with Crippen LogP contribution in [0.1, 0.15) is 51.8 Å². The van der Waals surface area contributed by atoms with Gasteiger partial charge in [0.25, 0.3) is 11.5 Å². The third-order valence-electron chi connectivity index (χ3n) is 6.71. The van der Waals surface area contributed by atoms with E-state index in [-0.39, 0.29) is 17.6 Å². The Balaban J connectivity index is 1.98. The number of hydrogen-bond acceptors (Lipinski definition) is 7. The molecule has 1 aliphatic rings. The maximum absolute atomic E-state index is 14.2. The van der Waals surface area contributed by atoms with Crippen molar-refractivity contribution in [3.63, 3.8) is 0 Å². The van der Waals surface area contributed by atoms with Gasteiger partial charge in [-0.2, -0.15) is 0 Å². The van der Waals surface area contributed by atoms with Crippen LogP contribution in [-0.2, 0) is 4.79 Å². The number of carbonyl (C=O) groups excluding carboxylic acids is 1. The number of ether oxygens (including phenoxy) is 3. The highest BCUT2D eigenvalue weighted by Crippen LogP contribution is 2.38. The molecule has 218 valence electrons. The lowest BCUT2D eigenvalue weighted by molar-refractivity contribution is -0.127. The zero-order chi connectivity index (χ0) is 30.0. The van der Waals surface area contributed by atoms with Crippen LogP contribution in [0.4, 0.5) is 0 Å². The molecule has 0 bridgehead atoms. The standard InChI is InChI=1S/C30H33I2N3O5S/c1-8-34(9-2)29(37)25-17(5)33-30-35(26(25)20-15-19(38-6)10-11-23(20)39-7)28(36)24(41-30)14-18-12-21(31)27(22(32)13-18)40-16(3)4/h10-16,26H,8-9H2,1-7H3/b24-14+/t26-/m0/s1. The molecule has 4 rings (SSSR count). The molecule has 0 fully saturated rings. The van der Waals surface area contributed by atoms with Gasteiger partial charge in [-0.05, 0) is 122 Å². The van der Waals surface area contributed by atoms with Crippen molar-refractivity contribution in [2.45, 2.75) is 46.8 Å². The van der Waals surface area contributed by atoms with Crippen molar-refractivity contribution in [2.75, 3.05) is 27.3 Å². The molecule has 0 spiro atoms. The molecule has 1 aliphatic heterocycles. The van der Waals surface area contributed by atoms with Crippen molar-refractivity contribution in [1.82, 2.24) is 9.47 Å². The Morgan fingerprint density at radius 2 is 1.78 bits per heavy atom. The Labute approximate surface area is 271 Å². The number of methoxy groups -OCH3 is 2. The molecule has 0 radical (unpaired) electrons. The fourth-order valence-corrected chi connectivity index (χ4v) is 7.90. The molecule has 41 heavy (non-hydrogen) atoms. The van der Waals surface area contributed by atoms with Crippen LogP contribution in [-0.4, -0.2) is 48.8 Å². The van der Waals surface area contributed by atoms with E-state index in [9.17, 15) is 9.59 Å². The second-order valence-electron chi connectivity index (χ2n) is 9.65. The Kier molecular flexibility index (Phi) is 10.2. The van der Waals surface area contributed by atoms with Crippen molar-refractivity contribution >= 4 is 68.5 Å². The summed E-state index contributed by atoms with van der Waals surface area (Å²) in [6, 6.07) is 8.68. The van der Waals surface area contributed by atoms with Crippen molar-refractivity contribution in [3.05, 3.63) is 79.6 Å². The van der Waals surface area contributed by atoms with Crippen LogP contribution in [0.3, 0.4) is 0 Å². The van der Waals surface area contributed by atoms with Gasteiger partial charge in [0.15, 0.2) is 4.80 Å². The van der Waals surface area contributed by atoms with E-state index in [1.807, 2.05) is 58.9 Å². The summed E-state index contributed by atoms with van der Waals surface area (Å²) in [5, 5.41) is 0. The van der Waals surface area contributed by atoms with E-state index < -0.39 is 6.04 Å². The minimum Gasteiger partial charge on any atom is -0.497 e. The Morgan fingerprint density at radius 3 is 2.34 bits per heavy atom. The van der Waals surface area contributed by atoms with Gasteiger partial charge in [-0.3, -0.25) is 14.2 Å². The van der Waals surface area contributed by atoms with Crippen LogP contribution in [0.5, 0.6) is 17.2 Å².